The van der Waals surface area contributed by atoms with E-state index in [4.69, 9.17) is 0 Å². The number of nitrogens with zero attached hydrogens (tertiary/aromatic N) is 1. The van der Waals surface area contributed by atoms with Crippen LogP contribution in [0.1, 0.15) is 15.9 Å². The third-order valence-electron chi connectivity index (χ3n) is 3.55. The number of nitrogens with one attached hydrogen (secondary N) is 1. The number of anilines is 1. The molecule has 122 valence electrons. The predicted octanol–water partition coefficient (Wildman–Crippen LogP) is 0.956. The quantitative estimate of drug-likeness (QED) is 0.657. The van der Waals surface area contributed by atoms with Crippen molar-refractivity contribution in [2.75, 3.05) is 33.1 Å². The molecular weight excluding hydrogens is 300 g/mol. The van der Waals surface area contributed by atoms with E-state index in [1.807, 2.05) is 6.07 Å². The Kier molecular flexibility index (Phi) is 5.00. The Morgan fingerprint density at radius 2 is 2.00 bits per heavy atom. The second kappa shape index (κ2) is 6.95. The van der Waals surface area contributed by atoms with Crippen molar-refractivity contribution in [2.24, 2.45) is 0 Å². The molecule has 1 amide bonds. The van der Waals surface area contributed by atoms with Crippen LogP contribution in [0.2, 0.25) is 0 Å². The Morgan fingerprint density at radius 1 is 1.26 bits per heavy atom. The summed E-state index contributed by atoms with van der Waals surface area (Å²) < 4.78 is 9.14. The SMILES string of the molecule is COC(=O)/C=C(/Nc1ccc2c(c1)C(=O)N(C)CC2)C(=O)OC. The summed E-state index contributed by atoms with van der Waals surface area (Å²) in [7, 11) is 4.16. The highest BCUT2D eigenvalue weighted by Crippen LogP contribution is 2.23. The minimum absolute atomic E-state index is 0.0732. The van der Waals surface area contributed by atoms with Gasteiger partial charge < -0.3 is 19.7 Å². The van der Waals surface area contributed by atoms with Gasteiger partial charge in [-0.05, 0) is 24.1 Å². The molecule has 7 heteroatoms. The normalized spacial score (nSPS) is 14.1. The molecular formula is C16H18N2O5. The van der Waals surface area contributed by atoms with Crippen molar-refractivity contribution < 1.29 is 23.9 Å². The van der Waals surface area contributed by atoms with Gasteiger partial charge in [0.2, 0.25) is 0 Å². The zero-order chi connectivity index (χ0) is 17.0. The highest BCUT2D eigenvalue weighted by molar-refractivity contribution is 6.00. The van der Waals surface area contributed by atoms with Crippen LogP contribution < -0.4 is 5.32 Å². The van der Waals surface area contributed by atoms with Gasteiger partial charge in [-0.1, -0.05) is 6.07 Å². The van der Waals surface area contributed by atoms with Crippen LogP contribution in [0.15, 0.2) is 30.0 Å². The number of hydrogen-bond acceptors (Lipinski definition) is 6. The van der Waals surface area contributed by atoms with Crippen molar-refractivity contribution in [3.8, 4) is 0 Å². The van der Waals surface area contributed by atoms with Crippen molar-refractivity contribution in [1.82, 2.24) is 4.90 Å². The number of likely N-dealkylation sites (N-methyl/N-ethyl adjacent to an activating group) is 1. The molecule has 7 nitrogen and oxygen atoms in total. The van der Waals surface area contributed by atoms with Crippen LogP contribution in [0, 0.1) is 0 Å². The Balaban J connectivity index is 2.31. The summed E-state index contributed by atoms with van der Waals surface area (Å²) in [6, 6.07) is 5.22. The van der Waals surface area contributed by atoms with Gasteiger partial charge in [-0.2, -0.15) is 0 Å². The average molecular weight is 318 g/mol. The van der Waals surface area contributed by atoms with Gasteiger partial charge in [0.25, 0.3) is 5.91 Å². The van der Waals surface area contributed by atoms with Crippen LogP contribution in [0.25, 0.3) is 0 Å². The van der Waals surface area contributed by atoms with Crippen LogP contribution in [0.3, 0.4) is 0 Å². The molecule has 0 spiro atoms. The largest absolute Gasteiger partial charge is 0.466 e. The van der Waals surface area contributed by atoms with E-state index in [1.54, 1.807) is 24.1 Å². The molecule has 1 N–H and O–H groups in total. The molecule has 1 aliphatic rings. The summed E-state index contributed by atoms with van der Waals surface area (Å²) in [5.74, 6) is -1.48. The first-order valence-electron chi connectivity index (χ1n) is 6.99. The molecule has 0 aromatic heterocycles. The molecule has 1 aromatic carbocycles. The summed E-state index contributed by atoms with van der Waals surface area (Å²) in [4.78, 5) is 36.9. The molecule has 0 aliphatic carbocycles. The fraction of sp³-hybridized carbons (Fsp3) is 0.312. The van der Waals surface area contributed by atoms with Gasteiger partial charge in [0, 0.05) is 24.8 Å². The van der Waals surface area contributed by atoms with Gasteiger partial charge in [0.05, 0.1) is 20.3 Å². The lowest BCUT2D eigenvalue weighted by Gasteiger charge is -2.25. The number of amides is 1. The minimum Gasteiger partial charge on any atom is -0.466 e. The summed E-state index contributed by atoms with van der Waals surface area (Å²) in [6.07, 6.45) is 1.78. The van der Waals surface area contributed by atoms with E-state index in [0.717, 1.165) is 18.1 Å². The number of ether oxygens (including phenoxy) is 2. The van der Waals surface area contributed by atoms with E-state index in [9.17, 15) is 14.4 Å². The lowest BCUT2D eigenvalue weighted by molar-refractivity contribution is -0.138. The van der Waals surface area contributed by atoms with Crippen LogP contribution in [0.5, 0.6) is 0 Å². The van der Waals surface area contributed by atoms with Crippen LogP contribution in [-0.2, 0) is 25.5 Å². The van der Waals surface area contributed by atoms with Gasteiger partial charge >= 0.3 is 11.9 Å². The van der Waals surface area contributed by atoms with E-state index in [1.165, 1.54) is 14.2 Å². The number of methoxy groups -OCH3 is 2. The molecule has 0 unspecified atom stereocenters. The Hall–Kier alpha value is -2.83. The third-order valence-corrected chi connectivity index (χ3v) is 3.55. The summed E-state index contributed by atoms with van der Waals surface area (Å²) >= 11 is 0. The van der Waals surface area contributed by atoms with Gasteiger partial charge in [-0.25, -0.2) is 9.59 Å². The first kappa shape index (κ1) is 16.5. The summed E-state index contributed by atoms with van der Waals surface area (Å²) in [5, 5.41) is 2.80. The van der Waals surface area contributed by atoms with E-state index in [2.05, 4.69) is 14.8 Å². The molecule has 23 heavy (non-hydrogen) atoms. The topological polar surface area (TPSA) is 84.9 Å². The van der Waals surface area contributed by atoms with Crippen molar-refractivity contribution >= 4 is 23.5 Å². The Morgan fingerprint density at radius 3 is 2.65 bits per heavy atom. The number of carbonyl (C=O) groups excluding carboxylic acids is 3. The molecule has 0 bridgehead atoms. The molecule has 0 fully saturated rings. The van der Waals surface area contributed by atoms with Gasteiger partial charge in [0.1, 0.15) is 5.70 Å². The Labute approximate surface area is 133 Å². The molecule has 1 heterocycles. The van der Waals surface area contributed by atoms with E-state index >= 15 is 0 Å². The molecule has 0 radical (unpaired) electrons. The average Bonchev–Trinajstić information content (AvgIpc) is 2.57. The monoisotopic (exact) mass is 318 g/mol. The lowest BCUT2D eigenvalue weighted by Crippen LogP contribution is -2.34. The van der Waals surface area contributed by atoms with Crippen molar-refractivity contribution in [3.05, 3.63) is 41.1 Å². The fourth-order valence-electron chi connectivity index (χ4n) is 2.25. The second-order valence-electron chi connectivity index (χ2n) is 5.05. The van der Waals surface area contributed by atoms with Crippen molar-refractivity contribution in [2.45, 2.75) is 6.42 Å². The smallest absolute Gasteiger partial charge is 0.354 e. The number of benzene rings is 1. The van der Waals surface area contributed by atoms with Crippen LogP contribution in [-0.4, -0.2) is 50.6 Å². The first-order chi connectivity index (χ1) is 11.0. The highest BCUT2D eigenvalue weighted by Gasteiger charge is 2.22. The predicted molar refractivity (Wildman–Crippen MR) is 82.8 cm³/mol. The van der Waals surface area contributed by atoms with Crippen LogP contribution >= 0.6 is 0 Å². The van der Waals surface area contributed by atoms with E-state index < -0.39 is 11.9 Å². The van der Waals surface area contributed by atoms with Gasteiger partial charge in [-0.3, -0.25) is 4.79 Å². The maximum Gasteiger partial charge on any atom is 0.354 e. The lowest BCUT2D eigenvalue weighted by atomic mass is 9.98. The summed E-state index contributed by atoms with van der Waals surface area (Å²) in [6.45, 7) is 0.675. The minimum atomic E-state index is -0.712. The van der Waals surface area contributed by atoms with Crippen molar-refractivity contribution in [1.29, 1.82) is 0 Å². The number of fused-ring (bicyclic) bond motifs is 1. The molecule has 0 atom stereocenters. The number of hydrogen-bond donors (Lipinski definition) is 1. The molecule has 0 saturated heterocycles. The molecule has 1 aromatic rings. The third kappa shape index (κ3) is 3.68. The zero-order valence-corrected chi connectivity index (χ0v) is 13.2. The van der Waals surface area contributed by atoms with Crippen LogP contribution in [0.4, 0.5) is 5.69 Å². The highest BCUT2D eigenvalue weighted by atomic mass is 16.5. The molecule has 1 aliphatic heterocycles. The number of esters is 2. The number of rotatable bonds is 4. The second-order valence-corrected chi connectivity index (χ2v) is 5.05. The van der Waals surface area contributed by atoms with Crippen molar-refractivity contribution in [3.63, 3.8) is 0 Å². The maximum absolute atomic E-state index is 12.2. The van der Waals surface area contributed by atoms with E-state index in [-0.39, 0.29) is 11.6 Å². The van der Waals surface area contributed by atoms with Gasteiger partial charge in [-0.15, -0.1) is 0 Å². The Bertz CT molecular complexity index is 681. The number of carbonyl (C=O) groups is 3. The van der Waals surface area contributed by atoms with Gasteiger partial charge in [0.15, 0.2) is 0 Å². The summed E-state index contributed by atoms with van der Waals surface area (Å²) in [5.41, 5.74) is 1.96. The first-order valence-corrected chi connectivity index (χ1v) is 6.99. The molecule has 2 rings (SSSR count). The maximum atomic E-state index is 12.2. The molecule has 0 saturated carbocycles. The zero-order valence-electron chi connectivity index (χ0n) is 13.2. The fourth-order valence-corrected chi connectivity index (χ4v) is 2.25. The van der Waals surface area contributed by atoms with E-state index in [0.29, 0.717) is 17.8 Å². The standard InChI is InChI=1S/C16H18N2O5/c1-18-7-6-10-4-5-11(8-12(10)15(18)20)17-13(16(21)23-3)9-14(19)22-2/h4-5,8-9,17H,6-7H2,1-3H3/b13-9+.